The molecule has 0 bridgehead atoms. The van der Waals surface area contributed by atoms with Crippen molar-refractivity contribution in [3.8, 4) is 0 Å². The molecule has 0 radical (unpaired) electrons. The van der Waals surface area contributed by atoms with Crippen molar-refractivity contribution in [1.82, 2.24) is 10.6 Å². The summed E-state index contributed by atoms with van der Waals surface area (Å²) in [7, 11) is 1.95. The SMILES string of the molecule is CNCCCOCCCCOCCCNC(=O)CCCCCCC(=O)OC(C)(C)C.O=CCCC(=O)O. The molecular formula is C27H52N2O8. The van der Waals surface area contributed by atoms with E-state index >= 15 is 0 Å². The zero-order valence-corrected chi connectivity index (χ0v) is 23.6. The molecule has 0 aromatic carbocycles. The van der Waals surface area contributed by atoms with Crippen LogP contribution in [0.3, 0.4) is 0 Å². The molecule has 1 amide bonds. The molecule has 218 valence electrons. The molecule has 0 unspecified atom stereocenters. The number of hydrogen-bond acceptors (Lipinski definition) is 8. The summed E-state index contributed by atoms with van der Waals surface area (Å²) in [6.45, 7) is 10.3. The number of aldehydes is 1. The van der Waals surface area contributed by atoms with E-state index < -0.39 is 11.6 Å². The summed E-state index contributed by atoms with van der Waals surface area (Å²) in [5.74, 6) is -0.972. The second-order valence-corrected chi connectivity index (χ2v) is 9.69. The summed E-state index contributed by atoms with van der Waals surface area (Å²) in [6, 6.07) is 0. The molecule has 0 aliphatic heterocycles. The lowest BCUT2D eigenvalue weighted by atomic mass is 10.1. The Morgan fingerprint density at radius 3 is 1.78 bits per heavy atom. The number of carboxylic acids is 1. The van der Waals surface area contributed by atoms with E-state index in [1.54, 1.807) is 0 Å². The van der Waals surface area contributed by atoms with Gasteiger partial charge in [0.2, 0.25) is 5.91 Å². The van der Waals surface area contributed by atoms with Crippen LogP contribution in [0.25, 0.3) is 0 Å². The molecule has 0 rings (SSSR count). The molecule has 0 atom stereocenters. The van der Waals surface area contributed by atoms with E-state index in [0.29, 0.717) is 32.3 Å². The first kappa shape index (κ1) is 37.1. The molecular weight excluding hydrogens is 480 g/mol. The van der Waals surface area contributed by atoms with Gasteiger partial charge in [-0.05, 0) is 72.9 Å². The van der Waals surface area contributed by atoms with Crippen LogP contribution in [0, 0.1) is 0 Å². The highest BCUT2D eigenvalue weighted by atomic mass is 16.6. The number of carboxylic acid groups (broad SMARTS) is 1. The van der Waals surface area contributed by atoms with Crippen molar-refractivity contribution in [2.75, 3.05) is 46.6 Å². The van der Waals surface area contributed by atoms with Crippen molar-refractivity contribution in [3.63, 3.8) is 0 Å². The summed E-state index contributed by atoms with van der Waals surface area (Å²) in [6.07, 6.45) is 9.14. The molecule has 0 saturated heterocycles. The van der Waals surface area contributed by atoms with Crippen molar-refractivity contribution in [2.45, 2.75) is 103 Å². The molecule has 0 heterocycles. The number of unbranched alkanes of at least 4 members (excludes halogenated alkanes) is 4. The second-order valence-electron chi connectivity index (χ2n) is 9.69. The van der Waals surface area contributed by atoms with Gasteiger partial charge in [-0.2, -0.15) is 0 Å². The van der Waals surface area contributed by atoms with Gasteiger partial charge in [0.15, 0.2) is 0 Å². The zero-order valence-electron chi connectivity index (χ0n) is 23.6. The highest BCUT2D eigenvalue weighted by Gasteiger charge is 2.15. The minimum absolute atomic E-state index is 0.0521. The highest BCUT2D eigenvalue weighted by Crippen LogP contribution is 2.11. The Morgan fingerprint density at radius 2 is 1.30 bits per heavy atom. The maximum Gasteiger partial charge on any atom is 0.306 e. The third-order valence-corrected chi connectivity index (χ3v) is 4.76. The van der Waals surface area contributed by atoms with Gasteiger partial charge in [-0.25, -0.2) is 0 Å². The summed E-state index contributed by atoms with van der Waals surface area (Å²) < 4.78 is 16.4. The standard InChI is InChI=1S/C23H46N2O5.C4H6O3/c1-23(2,3)30-22(27)14-8-6-5-7-13-21(26)25-16-12-20-29-18-10-9-17-28-19-11-15-24-4;5-3-1-2-4(6)7/h24H,5-20H2,1-4H3,(H,25,26);3H,1-2H2,(H,6,7). The van der Waals surface area contributed by atoms with Crippen LogP contribution in [0.5, 0.6) is 0 Å². The Bertz CT molecular complexity index is 579. The summed E-state index contributed by atoms with van der Waals surface area (Å²) >= 11 is 0. The Labute approximate surface area is 223 Å². The maximum atomic E-state index is 11.8. The third kappa shape index (κ3) is 36.2. The van der Waals surface area contributed by atoms with E-state index in [2.05, 4.69) is 10.6 Å². The molecule has 0 aromatic rings. The molecule has 0 aromatic heterocycles. The lowest BCUT2D eigenvalue weighted by molar-refractivity contribution is -0.155. The van der Waals surface area contributed by atoms with Crippen LogP contribution in [0.1, 0.15) is 97.8 Å². The Morgan fingerprint density at radius 1 is 0.757 bits per heavy atom. The van der Waals surface area contributed by atoms with Gasteiger partial charge in [0.05, 0.1) is 6.42 Å². The molecule has 0 spiro atoms. The third-order valence-electron chi connectivity index (χ3n) is 4.76. The Balaban J connectivity index is 0. The minimum Gasteiger partial charge on any atom is -0.481 e. The molecule has 0 saturated carbocycles. The number of aliphatic carboxylic acids is 1. The second kappa shape index (κ2) is 27.0. The van der Waals surface area contributed by atoms with Crippen LogP contribution < -0.4 is 10.6 Å². The normalized spacial score (nSPS) is 10.8. The Hall–Kier alpha value is -2.04. The first-order chi connectivity index (χ1) is 17.6. The topological polar surface area (TPSA) is 140 Å². The highest BCUT2D eigenvalue weighted by molar-refractivity contribution is 5.75. The van der Waals surface area contributed by atoms with Crippen molar-refractivity contribution in [3.05, 3.63) is 0 Å². The van der Waals surface area contributed by atoms with Crippen LogP contribution in [-0.2, 0) is 33.4 Å². The molecule has 10 heteroatoms. The van der Waals surface area contributed by atoms with Gasteiger partial charge in [0.25, 0.3) is 0 Å². The quantitative estimate of drug-likeness (QED) is 0.102. The zero-order chi connectivity index (χ0) is 28.2. The number of amides is 1. The number of rotatable bonds is 23. The summed E-state index contributed by atoms with van der Waals surface area (Å²) in [5.41, 5.74) is -0.416. The van der Waals surface area contributed by atoms with Crippen LogP contribution >= 0.6 is 0 Å². The smallest absolute Gasteiger partial charge is 0.306 e. The molecule has 3 N–H and O–H groups in total. The van der Waals surface area contributed by atoms with E-state index in [4.69, 9.17) is 19.3 Å². The largest absolute Gasteiger partial charge is 0.481 e. The fourth-order valence-electron chi connectivity index (χ4n) is 2.94. The Kier molecular flexibility index (Phi) is 27.1. The number of esters is 1. The number of carbonyl (C=O) groups is 4. The van der Waals surface area contributed by atoms with Gasteiger partial charge >= 0.3 is 11.9 Å². The van der Waals surface area contributed by atoms with E-state index in [-0.39, 0.29) is 24.7 Å². The van der Waals surface area contributed by atoms with Gasteiger partial charge < -0.3 is 34.7 Å². The predicted molar refractivity (Wildman–Crippen MR) is 144 cm³/mol. The molecule has 10 nitrogen and oxygen atoms in total. The van der Waals surface area contributed by atoms with Crippen LogP contribution in [-0.4, -0.2) is 81.4 Å². The van der Waals surface area contributed by atoms with Crippen LogP contribution in [0.4, 0.5) is 0 Å². The first-order valence-electron chi connectivity index (χ1n) is 13.6. The fraction of sp³-hybridized carbons (Fsp3) is 0.852. The van der Waals surface area contributed by atoms with E-state index in [1.165, 1.54) is 0 Å². The lowest BCUT2D eigenvalue weighted by Gasteiger charge is -2.19. The number of carbonyl (C=O) groups excluding carboxylic acids is 3. The van der Waals surface area contributed by atoms with Crippen LogP contribution in [0.15, 0.2) is 0 Å². The lowest BCUT2D eigenvalue weighted by Crippen LogP contribution is -2.25. The van der Waals surface area contributed by atoms with Crippen molar-refractivity contribution >= 4 is 24.1 Å². The number of ether oxygens (including phenoxy) is 3. The van der Waals surface area contributed by atoms with Crippen molar-refractivity contribution in [1.29, 1.82) is 0 Å². The van der Waals surface area contributed by atoms with E-state index in [0.717, 1.165) is 77.7 Å². The average Bonchev–Trinajstić information content (AvgIpc) is 2.82. The molecule has 0 aliphatic carbocycles. The molecule has 37 heavy (non-hydrogen) atoms. The monoisotopic (exact) mass is 532 g/mol. The molecule has 0 aliphatic rings. The summed E-state index contributed by atoms with van der Waals surface area (Å²) in [5, 5.41) is 13.9. The van der Waals surface area contributed by atoms with Gasteiger partial charge in [0.1, 0.15) is 11.9 Å². The fourth-order valence-corrected chi connectivity index (χ4v) is 2.94. The summed E-state index contributed by atoms with van der Waals surface area (Å²) in [4.78, 5) is 42.4. The van der Waals surface area contributed by atoms with Gasteiger partial charge in [-0.1, -0.05) is 12.8 Å². The van der Waals surface area contributed by atoms with E-state index in [9.17, 15) is 19.2 Å². The average molecular weight is 533 g/mol. The van der Waals surface area contributed by atoms with Gasteiger partial charge in [-0.15, -0.1) is 0 Å². The molecule has 0 fully saturated rings. The van der Waals surface area contributed by atoms with Gasteiger partial charge in [-0.3, -0.25) is 14.4 Å². The maximum absolute atomic E-state index is 11.8. The van der Waals surface area contributed by atoms with Gasteiger partial charge in [0, 0.05) is 52.2 Å². The minimum atomic E-state index is -0.924. The van der Waals surface area contributed by atoms with Crippen molar-refractivity contribution in [2.24, 2.45) is 0 Å². The van der Waals surface area contributed by atoms with E-state index in [1.807, 2.05) is 27.8 Å². The number of hydrogen-bond donors (Lipinski definition) is 3. The van der Waals surface area contributed by atoms with Crippen LogP contribution in [0.2, 0.25) is 0 Å². The number of nitrogens with one attached hydrogen (secondary N) is 2. The van der Waals surface area contributed by atoms with Crippen molar-refractivity contribution < 1.29 is 38.5 Å². The first-order valence-corrected chi connectivity index (χ1v) is 13.6. The predicted octanol–water partition coefficient (Wildman–Crippen LogP) is 3.65.